The highest BCUT2D eigenvalue weighted by molar-refractivity contribution is 7.88. The average Bonchev–Trinajstić information content (AvgIpc) is 3.67. The Kier molecular flexibility index (Phi) is 7.28. The van der Waals surface area contributed by atoms with Crippen LogP contribution in [0, 0.1) is 0 Å². The molecule has 0 radical (unpaired) electrons. The van der Waals surface area contributed by atoms with Crippen molar-refractivity contribution in [2.24, 2.45) is 10.7 Å². The third-order valence-corrected chi connectivity index (χ3v) is 7.79. The number of fused-ring (bicyclic) bond motifs is 1. The Morgan fingerprint density at radius 2 is 1.73 bits per heavy atom. The number of carbonyl (C=O) groups is 1. The Labute approximate surface area is 235 Å². The van der Waals surface area contributed by atoms with E-state index >= 15 is 0 Å². The van der Waals surface area contributed by atoms with Crippen molar-refractivity contribution in [3.05, 3.63) is 77.1 Å². The summed E-state index contributed by atoms with van der Waals surface area (Å²) in [5.41, 5.74) is 8.72. The number of hydrogen-bond donors (Lipinski definition) is 4. The van der Waals surface area contributed by atoms with Crippen LogP contribution in [-0.2, 0) is 28.2 Å². The summed E-state index contributed by atoms with van der Waals surface area (Å²) in [6.07, 6.45) is -0.810. The number of nitrogens with zero attached hydrogens (tertiary/aromatic N) is 2. The average molecular weight is 587 g/mol. The smallest absolute Gasteiger partial charge is 0.383 e. The summed E-state index contributed by atoms with van der Waals surface area (Å²) in [5.74, 6) is 0.350. The lowest BCUT2D eigenvalue weighted by Gasteiger charge is -2.21. The van der Waals surface area contributed by atoms with E-state index in [1.54, 1.807) is 24.3 Å². The van der Waals surface area contributed by atoms with E-state index in [1.165, 1.54) is 12.1 Å². The van der Waals surface area contributed by atoms with Gasteiger partial charge >= 0.3 is 12.2 Å². The topological polar surface area (TPSA) is 139 Å². The van der Waals surface area contributed by atoms with E-state index in [0.29, 0.717) is 42.0 Å². The molecular formula is C28H29F3N6O3S. The van der Waals surface area contributed by atoms with Crippen LogP contribution < -0.4 is 21.1 Å². The maximum Gasteiger partial charge on any atom is 0.416 e. The van der Waals surface area contributed by atoms with Gasteiger partial charge in [0.25, 0.3) is 0 Å². The Morgan fingerprint density at radius 1 is 1.05 bits per heavy atom. The number of carbonyl (C=O) groups excluding carboxylic acids is 1. The summed E-state index contributed by atoms with van der Waals surface area (Å²) in [6, 6.07) is 12.3. The number of pyridine rings is 1. The van der Waals surface area contributed by atoms with Crippen molar-refractivity contribution in [2.45, 2.75) is 50.4 Å². The van der Waals surface area contributed by atoms with Gasteiger partial charge in [0.05, 0.1) is 28.7 Å². The number of amides is 2. The minimum atomic E-state index is -4.53. The van der Waals surface area contributed by atoms with Gasteiger partial charge in [-0.25, -0.2) is 17.9 Å². The predicted molar refractivity (Wildman–Crippen MR) is 151 cm³/mol. The zero-order valence-electron chi connectivity index (χ0n) is 22.3. The van der Waals surface area contributed by atoms with Crippen LogP contribution in [0.25, 0.3) is 11.1 Å². The van der Waals surface area contributed by atoms with Gasteiger partial charge in [0.2, 0.25) is 10.0 Å². The third kappa shape index (κ3) is 6.51. The normalized spacial score (nSPS) is 18.1. The molecule has 2 aliphatic rings. The molecule has 0 bridgehead atoms. The van der Waals surface area contributed by atoms with E-state index in [9.17, 15) is 26.4 Å². The fraction of sp³-hybridized carbons (Fsp3) is 0.321. The van der Waals surface area contributed by atoms with Crippen LogP contribution in [-0.4, -0.2) is 37.6 Å². The molecule has 3 aromatic rings. The molecule has 216 valence electrons. The van der Waals surface area contributed by atoms with Crippen LogP contribution in [0.1, 0.15) is 48.7 Å². The van der Waals surface area contributed by atoms with Gasteiger partial charge in [-0.2, -0.15) is 13.2 Å². The summed E-state index contributed by atoms with van der Waals surface area (Å²) in [5, 5.41) is 5.03. The molecule has 2 heterocycles. The number of nitrogens with one attached hydrogen (secondary N) is 3. The first-order chi connectivity index (χ1) is 19.2. The molecule has 1 fully saturated rings. The van der Waals surface area contributed by atoms with Crippen molar-refractivity contribution in [1.29, 1.82) is 0 Å². The zero-order chi connectivity index (χ0) is 29.6. The van der Waals surface area contributed by atoms with Gasteiger partial charge in [0.1, 0.15) is 5.84 Å². The van der Waals surface area contributed by atoms with Gasteiger partial charge in [-0.15, -0.1) is 0 Å². The Bertz CT molecular complexity index is 1630. The van der Waals surface area contributed by atoms with E-state index in [2.05, 4.69) is 20.3 Å². The van der Waals surface area contributed by atoms with E-state index in [1.807, 2.05) is 13.0 Å². The summed E-state index contributed by atoms with van der Waals surface area (Å²) in [7, 11) is -3.48. The number of aromatic nitrogens is 1. The highest BCUT2D eigenvalue weighted by Crippen LogP contribution is 2.47. The van der Waals surface area contributed by atoms with Crippen LogP contribution in [0.5, 0.6) is 0 Å². The second-order valence-electron chi connectivity index (χ2n) is 10.5. The number of alkyl halides is 3. The number of nitrogens with two attached hydrogens (primary N) is 1. The van der Waals surface area contributed by atoms with Crippen LogP contribution in [0.4, 0.5) is 29.3 Å². The molecular weight excluding hydrogens is 557 g/mol. The number of benzene rings is 2. The first-order valence-corrected chi connectivity index (χ1v) is 14.8. The Balaban J connectivity index is 1.43. The fourth-order valence-corrected chi connectivity index (χ4v) is 5.96. The zero-order valence-corrected chi connectivity index (χ0v) is 23.2. The van der Waals surface area contributed by atoms with Crippen LogP contribution in [0.15, 0.2) is 59.6 Å². The van der Waals surface area contributed by atoms with Gasteiger partial charge in [0.15, 0.2) is 0 Å². The molecule has 9 nitrogen and oxygen atoms in total. The molecule has 1 saturated carbocycles. The second-order valence-corrected chi connectivity index (χ2v) is 12.2. The number of hydrogen-bond acceptors (Lipinski definition) is 6. The first kappa shape index (κ1) is 28.6. The molecule has 5 rings (SSSR count). The summed E-state index contributed by atoms with van der Waals surface area (Å²) in [6.45, 7) is 1.97. The lowest BCUT2D eigenvalue weighted by Crippen LogP contribution is -2.35. The summed E-state index contributed by atoms with van der Waals surface area (Å²) in [4.78, 5) is 21.9. The van der Waals surface area contributed by atoms with Crippen molar-refractivity contribution in [2.75, 3.05) is 16.9 Å². The number of anilines is 2. The van der Waals surface area contributed by atoms with Crippen LogP contribution >= 0.6 is 0 Å². The lowest BCUT2D eigenvalue weighted by atomic mass is 9.94. The standard InChI is InChI=1S/C28H29F3N6O3S/c1-16-6-11-22-24(25(32)33-16)21(15-23(36-22)27(12-13-27)37-41(2,39)40)17-7-9-19(10-8-17)34-26(38)35-20-5-3-4-18(14-20)28(29,30)31/h3-5,7-10,14-16,37H,6,11-13H2,1-2H3,(H2,32,33)(H2,34,35,38). The molecule has 1 aromatic heterocycles. The van der Waals surface area contributed by atoms with Gasteiger partial charge in [0, 0.05) is 23.0 Å². The predicted octanol–water partition coefficient (Wildman–Crippen LogP) is 4.99. The molecule has 5 N–H and O–H groups in total. The minimum Gasteiger partial charge on any atom is -0.383 e. The number of aliphatic imine (C=N–C) groups is 1. The van der Waals surface area contributed by atoms with E-state index in [-0.39, 0.29) is 11.7 Å². The first-order valence-electron chi connectivity index (χ1n) is 13.0. The number of sulfonamides is 1. The molecule has 2 aromatic carbocycles. The molecule has 13 heteroatoms. The van der Waals surface area contributed by atoms with Gasteiger partial charge < -0.3 is 16.4 Å². The molecule has 1 unspecified atom stereocenters. The second kappa shape index (κ2) is 10.5. The molecule has 0 spiro atoms. The molecule has 1 aliphatic carbocycles. The van der Waals surface area contributed by atoms with Crippen LogP contribution in [0.2, 0.25) is 0 Å². The Hall–Kier alpha value is -3.97. The Morgan fingerprint density at radius 3 is 2.37 bits per heavy atom. The summed E-state index contributed by atoms with van der Waals surface area (Å²) >= 11 is 0. The van der Waals surface area contributed by atoms with Crippen molar-refractivity contribution >= 4 is 33.3 Å². The third-order valence-electron chi connectivity index (χ3n) is 7.03. The minimum absolute atomic E-state index is 0.00153. The number of urea groups is 1. The van der Waals surface area contributed by atoms with Gasteiger partial charge in [-0.3, -0.25) is 9.98 Å². The van der Waals surface area contributed by atoms with Crippen molar-refractivity contribution in [3.8, 4) is 11.1 Å². The van der Waals surface area contributed by atoms with E-state index in [0.717, 1.165) is 41.6 Å². The highest BCUT2D eigenvalue weighted by atomic mass is 32.2. The maximum atomic E-state index is 13.0. The van der Waals surface area contributed by atoms with E-state index < -0.39 is 33.3 Å². The summed E-state index contributed by atoms with van der Waals surface area (Å²) < 4.78 is 65.9. The quantitative estimate of drug-likeness (QED) is 0.322. The molecule has 0 saturated heterocycles. The number of halogens is 3. The number of rotatable bonds is 6. The number of aryl methyl sites for hydroxylation is 1. The molecule has 1 aliphatic heterocycles. The lowest BCUT2D eigenvalue weighted by molar-refractivity contribution is -0.137. The van der Waals surface area contributed by atoms with E-state index in [4.69, 9.17) is 10.7 Å². The maximum absolute atomic E-state index is 13.0. The van der Waals surface area contributed by atoms with Crippen molar-refractivity contribution in [3.63, 3.8) is 0 Å². The largest absolute Gasteiger partial charge is 0.416 e. The van der Waals surface area contributed by atoms with Crippen LogP contribution in [0.3, 0.4) is 0 Å². The number of amidine groups is 1. The van der Waals surface area contributed by atoms with Crippen molar-refractivity contribution in [1.82, 2.24) is 9.71 Å². The SMILES string of the molecule is CC1CCc2nc(C3(NS(C)(=O)=O)CC3)cc(-c3ccc(NC(=O)Nc4cccc(C(F)(F)F)c4)cc3)c2C(N)=N1. The molecule has 41 heavy (non-hydrogen) atoms. The van der Waals surface area contributed by atoms with Gasteiger partial charge in [-0.1, -0.05) is 18.2 Å². The fourth-order valence-electron chi connectivity index (χ4n) is 4.94. The monoisotopic (exact) mass is 586 g/mol. The van der Waals surface area contributed by atoms with Crippen molar-refractivity contribution < 1.29 is 26.4 Å². The highest BCUT2D eigenvalue weighted by Gasteiger charge is 2.48. The molecule has 2 amide bonds. The van der Waals surface area contributed by atoms with Gasteiger partial charge in [-0.05, 0) is 80.1 Å². The molecule has 1 atom stereocenters.